The van der Waals surface area contributed by atoms with Crippen molar-refractivity contribution in [2.75, 3.05) is 6.54 Å². The van der Waals surface area contributed by atoms with Gasteiger partial charge in [0.25, 0.3) is 0 Å². The van der Waals surface area contributed by atoms with Gasteiger partial charge in [0, 0.05) is 12.1 Å². The molecule has 0 saturated heterocycles. The van der Waals surface area contributed by atoms with Gasteiger partial charge in [-0.3, -0.25) is 4.99 Å². The fourth-order valence-corrected chi connectivity index (χ4v) is 1.87. The summed E-state index contributed by atoms with van der Waals surface area (Å²) in [6.45, 7) is 4.11. The highest BCUT2D eigenvalue weighted by molar-refractivity contribution is 6.01. The summed E-state index contributed by atoms with van der Waals surface area (Å²) in [6, 6.07) is 8.45. The van der Waals surface area contributed by atoms with E-state index in [0.717, 1.165) is 18.9 Å². The predicted molar refractivity (Wildman–Crippen MR) is 64.2 cm³/mol. The molecule has 2 nitrogen and oxygen atoms in total. The lowest BCUT2D eigenvalue weighted by atomic mass is 10.1. The van der Waals surface area contributed by atoms with Crippen molar-refractivity contribution in [3.63, 3.8) is 0 Å². The number of nitrogens with one attached hydrogen (secondary N) is 1. The van der Waals surface area contributed by atoms with Crippen LogP contribution in [0.2, 0.25) is 0 Å². The Kier molecular flexibility index (Phi) is 3.38. The molecule has 0 radical (unpaired) electrons. The molecule has 0 unspecified atom stereocenters. The molecular weight excluding hydrogens is 184 g/mol. The van der Waals surface area contributed by atoms with Crippen LogP contribution >= 0.6 is 0 Å². The number of rotatable bonds is 4. The van der Waals surface area contributed by atoms with E-state index in [1.165, 1.54) is 30.4 Å². The Morgan fingerprint density at radius 1 is 1.27 bits per heavy atom. The molecule has 0 atom stereocenters. The number of benzene rings is 1. The van der Waals surface area contributed by atoms with Gasteiger partial charge in [-0.15, -0.1) is 0 Å². The molecule has 1 heterocycles. The maximum atomic E-state index is 4.51. The molecule has 2 rings (SSSR count). The van der Waals surface area contributed by atoms with Gasteiger partial charge < -0.3 is 5.32 Å². The van der Waals surface area contributed by atoms with E-state index in [1.807, 2.05) is 0 Å². The van der Waals surface area contributed by atoms with E-state index in [0.29, 0.717) is 0 Å². The van der Waals surface area contributed by atoms with Gasteiger partial charge in [0.15, 0.2) is 0 Å². The lowest BCUT2D eigenvalue weighted by Crippen LogP contribution is -2.24. The van der Waals surface area contributed by atoms with Gasteiger partial charge in [-0.25, -0.2) is 0 Å². The van der Waals surface area contributed by atoms with Crippen LogP contribution in [0.4, 0.5) is 0 Å². The second kappa shape index (κ2) is 4.96. The fraction of sp³-hybridized carbons (Fsp3) is 0.462. The van der Waals surface area contributed by atoms with Gasteiger partial charge in [-0.1, -0.05) is 44.0 Å². The van der Waals surface area contributed by atoms with Crippen molar-refractivity contribution in [1.82, 2.24) is 5.32 Å². The van der Waals surface area contributed by atoms with E-state index >= 15 is 0 Å². The third kappa shape index (κ3) is 2.38. The largest absolute Gasteiger partial charge is 0.370 e. The molecule has 2 heteroatoms. The molecule has 1 aliphatic rings. The summed E-state index contributed by atoms with van der Waals surface area (Å²) in [5, 5.41) is 3.42. The Bertz CT molecular complexity index is 355. The molecule has 0 amide bonds. The molecule has 0 aliphatic carbocycles. The topological polar surface area (TPSA) is 24.4 Å². The van der Waals surface area contributed by atoms with Crippen LogP contribution in [0.3, 0.4) is 0 Å². The van der Waals surface area contributed by atoms with Crippen molar-refractivity contribution in [3.8, 4) is 0 Å². The third-order valence-corrected chi connectivity index (χ3v) is 2.75. The van der Waals surface area contributed by atoms with Crippen molar-refractivity contribution in [3.05, 3.63) is 35.4 Å². The van der Waals surface area contributed by atoms with Gasteiger partial charge in [0.2, 0.25) is 0 Å². The van der Waals surface area contributed by atoms with Crippen molar-refractivity contribution < 1.29 is 0 Å². The predicted octanol–water partition coefficient (Wildman–Crippen LogP) is 2.73. The number of amidine groups is 1. The van der Waals surface area contributed by atoms with E-state index in [2.05, 4.69) is 41.5 Å². The highest BCUT2D eigenvalue weighted by atomic mass is 15.0. The normalized spacial score (nSPS) is 13.5. The number of hydrogen-bond acceptors (Lipinski definition) is 2. The molecule has 1 aromatic carbocycles. The number of nitrogens with zero attached hydrogens (tertiary/aromatic N) is 1. The molecule has 80 valence electrons. The summed E-state index contributed by atoms with van der Waals surface area (Å²) in [5.74, 6) is 1.08. The average Bonchev–Trinajstić information content (AvgIpc) is 2.68. The lowest BCUT2D eigenvalue weighted by molar-refractivity contribution is 0.695. The molecule has 0 saturated carbocycles. The fourth-order valence-electron chi connectivity index (χ4n) is 1.87. The maximum Gasteiger partial charge on any atom is 0.128 e. The zero-order valence-corrected chi connectivity index (χ0v) is 9.29. The number of hydrogen-bond donors (Lipinski definition) is 1. The monoisotopic (exact) mass is 202 g/mol. The minimum atomic E-state index is 0.840. The van der Waals surface area contributed by atoms with E-state index in [4.69, 9.17) is 0 Å². The number of unbranched alkanes of at least 4 members (excludes halogenated alkanes) is 2. The van der Waals surface area contributed by atoms with Gasteiger partial charge in [0.1, 0.15) is 5.84 Å². The van der Waals surface area contributed by atoms with Crippen LogP contribution in [-0.4, -0.2) is 12.4 Å². The molecule has 1 N–H and O–H groups in total. The van der Waals surface area contributed by atoms with Crippen LogP contribution < -0.4 is 5.32 Å². The Hall–Kier alpha value is -1.31. The zero-order chi connectivity index (χ0) is 10.5. The minimum absolute atomic E-state index is 0.840. The van der Waals surface area contributed by atoms with Gasteiger partial charge in [-0.2, -0.15) is 0 Å². The minimum Gasteiger partial charge on any atom is -0.370 e. The third-order valence-electron chi connectivity index (χ3n) is 2.75. The highest BCUT2D eigenvalue weighted by Gasteiger charge is 2.13. The summed E-state index contributed by atoms with van der Waals surface area (Å²) in [5.41, 5.74) is 2.63. The molecule has 15 heavy (non-hydrogen) atoms. The average molecular weight is 202 g/mol. The van der Waals surface area contributed by atoms with Crippen LogP contribution in [-0.2, 0) is 6.54 Å². The Balaban J connectivity index is 1.90. The standard InChI is InChI=1S/C13H18N2/c1-2-3-6-9-14-13-12-8-5-4-7-11(12)10-15-13/h4-5,7-8H,2-3,6,9-10H2,1H3,(H,14,15). The summed E-state index contributed by atoms with van der Waals surface area (Å²) < 4.78 is 0. The van der Waals surface area contributed by atoms with Crippen molar-refractivity contribution >= 4 is 5.84 Å². The quantitative estimate of drug-likeness (QED) is 0.746. The van der Waals surface area contributed by atoms with Crippen molar-refractivity contribution in [2.45, 2.75) is 32.7 Å². The molecule has 1 aromatic rings. The van der Waals surface area contributed by atoms with E-state index in [1.54, 1.807) is 0 Å². The first-order valence-corrected chi connectivity index (χ1v) is 5.78. The zero-order valence-electron chi connectivity index (χ0n) is 9.29. The van der Waals surface area contributed by atoms with Crippen molar-refractivity contribution in [1.29, 1.82) is 0 Å². The second-order valence-electron chi connectivity index (χ2n) is 3.96. The first-order chi connectivity index (χ1) is 7.42. The van der Waals surface area contributed by atoms with Crippen LogP contribution in [0.1, 0.15) is 37.3 Å². The number of fused-ring (bicyclic) bond motifs is 1. The molecular formula is C13H18N2. The Morgan fingerprint density at radius 2 is 2.13 bits per heavy atom. The molecule has 1 aliphatic heterocycles. The maximum absolute atomic E-state index is 4.51. The SMILES string of the molecule is CCCCCNC1=NCc2ccccc21. The molecule has 0 aromatic heterocycles. The number of aliphatic imine (C=N–C) groups is 1. The summed E-state index contributed by atoms with van der Waals surface area (Å²) in [7, 11) is 0. The highest BCUT2D eigenvalue weighted by Crippen LogP contribution is 2.16. The Morgan fingerprint density at radius 3 is 3.00 bits per heavy atom. The van der Waals surface area contributed by atoms with Gasteiger partial charge in [-0.05, 0) is 12.0 Å². The summed E-state index contributed by atoms with van der Waals surface area (Å²) in [6.07, 6.45) is 3.80. The summed E-state index contributed by atoms with van der Waals surface area (Å²) in [4.78, 5) is 4.51. The lowest BCUT2D eigenvalue weighted by Gasteiger charge is -2.06. The van der Waals surface area contributed by atoms with Crippen molar-refractivity contribution in [2.24, 2.45) is 4.99 Å². The van der Waals surface area contributed by atoms with E-state index in [9.17, 15) is 0 Å². The Labute approximate surface area is 91.4 Å². The first-order valence-electron chi connectivity index (χ1n) is 5.78. The second-order valence-corrected chi connectivity index (χ2v) is 3.96. The molecule has 0 bridgehead atoms. The smallest absolute Gasteiger partial charge is 0.128 e. The van der Waals surface area contributed by atoms with Crippen LogP contribution in [0.25, 0.3) is 0 Å². The van der Waals surface area contributed by atoms with Gasteiger partial charge in [0.05, 0.1) is 6.54 Å². The van der Waals surface area contributed by atoms with E-state index < -0.39 is 0 Å². The van der Waals surface area contributed by atoms with E-state index in [-0.39, 0.29) is 0 Å². The molecule has 0 spiro atoms. The van der Waals surface area contributed by atoms with Crippen LogP contribution in [0.5, 0.6) is 0 Å². The first kappa shape index (κ1) is 10.2. The summed E-state index contributed by atoms with van der Waals surface area (Å²) >= 11 is 0. The van der Waals surface area contributed by atoms with Crippen LogP contribution in [0, 0.1) is 0 Å². The van der Waals surface area contributed by atoms with Gasteiger partial charge >= 0.3 is 0 Å². The molecule has 0 fully saturated rings. The van der Waals surface area contributed by atoms with Crippen LogP contribution in [0.15, 0.2) is 29.3 Å².